The van der Waals surface area contributed by atoms with Gasteiger partial charge in [0.05, 0.1) is 14.2 Å². The number of amides is 4. The van der Waals surface area contributed by atoms with Crippen LogP contribution in [0.1, 0.15) is 70.1 Å². The summed E-state index contributed by atoms with van der Waals surface area (Å²) in [6, 6.07) is 25.8. The second kappa shape index (κ2) is 21.5. The van der Waals surface area contributed by atoms with E-state index in [1.807, 2.05) is 97.1 Å². The van der Waals surface area contributed by atoms with E-state index >= 15 is 0 Å². The second-order valence-corrected chi connectivity index (χ2v) is 16.8. The summed E-state index contributed by atoms with van der Waals surface area (Å²) in [6.07, 6.45) is 4.69. The van der Waals surface area contributed by atoms with Gasteiger partial charge in [-0.1, -0.05) is 91.0 Å². The first-order valence-corrected chi connectivity index (χ1v) is 21.6. The van der Waals surface area contributed by atoms with Crippen molar-refractivity contribution < 1.29 is 42.9 Å². The Morgan fingerprint density at radius 2 is 1.36 bits per heavy atom. The van der Waals surface area contributed by atoms with Crippen LogP contribution in [0.3, 0.4) is 0 Å². The van der Waals surface area contributed by atoms with Gasteiger partial charge in [-0.3, -0.25) is 14.4 Å². The van der Waals surface area contributed by atoms with Gasteiger partial charge in [0.15, 0.2) is 0 Å². The highest BCUT2D eigenvalue weighted by molar-refractivity contribution is 6.11. The van der Waals surface area contributed by atoms with Gasteiger partial charge in [-0.05, 0) is 103 Å². The van der Waals surface area contributed by atoms with E-state index < -0.39 is 53.5 Å². The fourth-order valence-electron chi connectivity index (χ4n) is 7.99. The van der Waals surface area contributed by atoms with E-state index in [0.29, 0.717) is 36.3 Å². The lowest BCUT2D eigenvalue weighted by Crippen LogP contribution is -2.56. The van der Waals surface area contributed by atoms with Gasteiger partial charge >= 0.3 is 12.1 Å². The molecule has 5 aromatic rings. The average molecular weight is 871 g/mol. The minimum Gasteiger partial charge on any atom is -0.496 e. The normalized spacial score (nSPS) is 17.5. The summed E-state index contributed by atoms with van der Waals surface area (Å²) in [4.78, 5) is 67.8. The molecule has 13 nitrogen and oxygen atoms in total. The predicted octanol–water partition coefficient (Wildman–Crippen LogP) is 7.63. The minimum absolute atomic E-state index is 0.00230. The molecule has 0 fully saturated rings. The van der Waals surface area contributed by atoms with Crippen LogP contribution in [0.5, 0.6) is 11.5 Å². The highest BCUT2D eigenvalue weighted by Crippen LogP contribution is 2.48. The topological polar surface area (TPSA) is 170 Å². The number of hydrogen-bond acceptors (Lipinski definition) is 9. The maximum absolute atomic E-state index is 14.5. The first-order valence-electron chi connectivity index (χ1n) is 21.6. The molecule has 0 saturated heterocycles. The average Bonchev–Trinajstić information content (AvgIpc) is 3.26. The first-order chi connectivity index (χ1) is 30.8. The fourth-order valence-corrected chi connectivity index (χ4v) is 7.99. The highest BCUT2D eigenvalue weighted by atomic mass is 16.6. The van der Waals surface area contributed by atoms with Crippen molar-refractivity contribution in [3.05, 3.63) is 120 Å². The zero-order chi connectivity index (χ0) is 45.8. The van der Waals surface area contributed by atoms with Gasteiger partial charge in [0, 0.05) is 31.0 Å². The van der Waals surface area contributed by atoms with Crippen LogP contribution in [-0.2, 0) is 48.1 Å². The number of ether oxygens (including phenoxy) is 4. The molecule has 5 aromatic carbocycles. The molecule has 0 aromatic heterocycles. The summed E-state index contributed by atoms with van der Waals surface area (Å²) in [7, 11) is 3.21. The predicted molar refractivity (Wildman–Crippen MR) is 247 cm³/mol. The van der Waals surface area contributed by atoms with Crippen LogP contribution < -0.4 is 30.7 Å². The maximum atomic E-state index is 14.5. The molecule has 1 heterocycles. The van der Waals surface area contributed by atoms with E-state index in [9.17, 15) is 24.0 Å². The van der Waals surface area contributed by atoms with Gasteiger partial charge in [0.2, 0.25) is 17.7 Å². The van der Waals surface area contributed by atoms with Crippen molar-refractivity contribution in [3.63, 3.8) is 0 Å². The van der Waals surface area contributed by atoms with Crippen LogP contribution in [0.25, 0.3) is 32.7 Å². The summed E-state index contributed by atoms with van der Waals surface area (Å²) in [5, 5.41) is 15.0. The lowest BCUT2D eigenvalue weighted by Gasteiger charge is -2.26. The Balaban J connectivity index is 1.44. The fraction of sp³-hybridized carbons (Fsp3) is 0.353. The molecule has 3 atom stereocenters. The Labute approximate surface area is 374 Å². The zero-order valence-corrected chi connectivity index (χ0v) is 37.4. The molecule has 0 spiro atoms. The lowest BCUT2D eigenvalue weighted by atomic mass is 9.87. The largest absolute Gasteiger partial charge is 0.496 e. The van der Waals surface area contributed by atoms with Crippen molar-refractivity contribution >= 4 is 51.3 Å². The summed E-state index contributed by atoms with van der Waals surface area (Å²) >= 11 is 0. The van der Waals surface area contributed by atoms with Crippen LogP contribution in [0.15, 0.2) is 103 Å². The summed E-state index contributed by atoms with van der Waals surface area (Å²) in [6.45, 7) is 6.89. The Morgan fingerprint density at radius 1 is 0.750 bits per heavy atom. The van der Waals surface area contributed by atoms with Gasteiger partial charge in [-0.2, -0.15) is 0 Å². The quantitative estimate of drug-likeness (QED) is 0.0592. The molecule has 0 saturated carbocycles. The van der Waals surface area contributed by atoms with E-state index in [2.05, 4.69) is 27.3 Å². The second-order valence-electron chi connectivity index (χ2n) is 16.8. The molecule has 13 heteroatoms. The van der Waals surface area contributed by atoms with Crippen molar-refractivity contribution in [2.45, 2.75) is 96.6 Å². The molecule has 336 valence electrons. The van der Waals surface area contributed by atoms with Gasteiger partial charge in [0.25, 0.3) is 0 Å². The maximum Gasteiger partial charge on any atom is 0.407 e. The summed E-state index contributed by atoms with van der Waals surface area (Å²) in [5.74, 6) is -1.21. The Morgan fingerprint density at radius 3 is 1.98 bits per heavy atom. The molecule has 4 amide bonds. The zero-order valence-electron chi connectivity index (χ0n) is 37.4. The molecular weight excluding hydrogens is 813 g/mol. The van der Waals surface area contributed by atoms with E-state index in [1.54, 1.807) is 35.0 Å². The van der Waals surface area contributed by atoms with Crippen LogP contribution >= 0.6 is 0 Å². The molecule has 1 aliphatic rings. The van der Waals surface area contributed by atoms with Crippen molar-refractivity contribution in [2.24, 2.45) is 0 Å². The van der Waals surface area contributed by atoms with E-state index in [0.717, 1.165) is 43.8 Å². The molecule has 4 N–H and O–H groups in total. The molecule has 1 aliphatic heterocycles. The molecule has 1 unspecified atom stereocenters. The van der Waals surface area contributed by atoms with Crippen LogP contribution in [0.2, 0.25) is 0 Å². The number of unbranched alkanes of at least 4 members (excludes halogenated alkanes) is 1. The smallest absolute Gasteiger partial charge is 0.407 e. The highest BCUT2D eigenvalue weighted by Gasteiger charge is 2.32. The molecule has 64 heavy (non-hydrogen) atoms. The number of fused-ring (bicyclic) bond motifs is 9. The molecular formula is C51H58N4O9. The number of carbonyl (C=O) groups is 5. The number of carbonyl (C=O) groups excluding carboxylic acids is 5. The minimum atomic E-state index is -1.15. The van der Waals surface area contributed by atoms with Crippen LogP contribution in [0.4, 0.5) is 4.79 Å². The third-order valence-corrected chi connectivity index (χ3v) is 10.9. The number of nitrogens with one attached hydrogen (secondary N) is 4. The molecule has 0 aliphatic carbocycles. The number of allylic oxidation sites excluding steroid dienone is 1. The number of benzene rings is 5. The third-order valence-electron chi connectivity index (χ3n) is 10.9. The number of rotatable bonds is 11. The lowest BCUT2D eigenvalue weighted by molar-refractivity contribution is -0.149. The monoisotopic (exact) mass is 870 g/mol. The summed E-state index contributed by atoms with van der Waals surface area (Å²) in [5.41, 5.74) is 3.18. The van der Waals surface area contributed by atoms with Crippen LogP contribution in [-0.4, -0.2) is 74.3 Å². The standard InChI is InChI=1S/C51H58N4O9/c1-32(56)53-42-30-37-29-35-21-11-14-24-39(35)44(46(37)62-6)43-38-23-13-10-20-34(38)28-36(45(43)61-5)22-12-15-26-41(49(59)63-31-33-18-8-7-9-19-33)55-47(57)40(54-48(42)58)25-16-17-27-52-50(60)64-51(2,3)4/h7-15,18-21,23-24,28-29,40-42H,16-17,22,25-27,30-31H2,1-6H3,(H,52,60)(H,53,56)(H,54,58)(H,55,57)/b15-12-/t40-,41-,42?/m1/s1. The SMILES string of the molecule is COc1c2cc3ccccc3c1-c1c(OC)c(cc3ccccc13)CC(NC(C)=O)C(=O)N[C@H](CCCCNC(=O)OC(C)(C)C)C(=O)N[C@@H](C(=O)OCc1ccccc1)C/C=C\C2. The van der Waals surface area contributed by atoms with Crippen molar-refractivity contribution in [1.29, 1.82) is 0 Å². The Kier molecular flexibility index (Phi) is 15.6. The van der Waals surface area contributed by atoms with Crippen molar-refractivity contribution in [3.8, 4) is 22.6 Å². The third kappa shape index (κ3) is 12.0. The van der Waals surface area contributed by atoms with Gasteiger partial charge in [-0.25, -0.2) is 9.59 Å². The van der Waals surface area contributed by atoms with Crippen LogP contribution in [0, 0.1) is 0 Å². The first kappa shape index (κ1) is 46.6. The van der Waals surface area contributed by atoms with E-state index in [1.165, 1.54) is 6.92 Å². The van der Waals surface area contributed by atoms with Gasteiger partial charge in [-0.15, -0.1) is 0 Å². The number of methoxy groups -OCH3 is 2. The van der Waals surface area contributed by atoms with Crippen molar-refractivity contribution in [1.82, 2.24) is 21.3 Å². The van der Waals surface area contributed by atoms with Gasteiger partial charge < -0.3 is 40.2 Å². The Hall–Kier alpha value is -6.89. The van der Waals surface area contributed by atoms with E-state index in [-0.39, 0.29) is 32.4 Å². The molecule has 4 bridgehead atoms. The Bertz CT molecular complexity index is 2510. The number of alkyl carbamates (subject to hydrolysis) is 1. The number of esters is 1. The summed E-state index contributed by atoms with van der Waals surface area (Å²) < 4.78 is 23.6. The molecule has 6 rings (SSSR count). The number of hydrogen-bond donors (Lipinski definition) is 4. The van der Waals surface area contributed by atoms with Gasteiger partial charge in [0.1, 0.15) is 41.8 Å². The van der Waals surface area contributed by atoms with E-state index in [4.69, 9.17) is 18.9 Å². The molecule has 0 radical (unpaired) electrons. The van der Waals surface area contributed by atoms with Crippen molar-refractivity contribution in [2.75, 3.05) is 20.8 Å².